The van der Waals surface area contributed by atoms with Gasteiger partial charge >= 0.3 is 6.09 Å². The number of ether oxygens (including phenoxy) is 1. The predicted octanol–water partition coefficient (Wildman–Crippen LogP) is 4.93. The fraction of sp³-hybridized carbons (Fsp3) is 0.250. The summed E-state index contributed by atoms with van der Waals surface area (Å²) in [4.78, 5) is 25.2. The van der Waals surface area contributed by atoms with Crippen LogP contribution < -0.4 is 21.3 Å². The molecule has 0 aliphatic rings. The summed E-state index contributed by atoms with van der Waals surface area (Å²) in [5.74, 6) is -0.537. The zero-order valence-corrected chi connectivity index (χ0v) is 24.9. The molecule has 0 atom stereocenters. The van der Waals surface area contributed by atoms with E-state index in [4.69, 9.17) is 10.5 Å². The Kier molecular flexibility index (Phi) is 7.74. The Labute approximate surface area is 252 Å². The highest BCUT2D eigenvalue weighted by Gasteiger charge is 2.22. The first-order chi connectivity index (χ1) is 20.7. The number of nitrogens with two attached hydrogens (primary N) is 1. The first kappa shape index (κ1) is 30.4. The molecule has 0 unspecified atom stereocenters. The summed E-state index contributed by atoms with van der Waals surface area (Å²) < 4.78 is 22.9. The Bertz CT molecular complexity index is 1930. The van der Waals surface area contributed by atoms with Crippen LogP contribution in [0.4, 0.5) is 20.7 Å². The number of fused-ring (bicyclic) bond motifs is 1. The predicted molar refractivity (Wildman–Crippen MR) is 164 cm³/mol. The van der Waals surface area contributed by atoms with Gasteiger partial charge in [-0.05, 0) is 66.8 Å². The van der Waals surface area contributed by atoms with E-state index in [0.29, 0.717) is 22.3 Å². The number of benzene rings is 3. The van der Waals surface area contributed by atoms with Crippen molar-refractivity contribution in [1.29, 1.82) is 0 Å². The van der Waals surface area contributed by atoms with Crippen LogP contribution in [0.3, 0.4) is 0 Å². The van der Waals surface area contributed by atoms with Crippen LogP contribution in [0.15, 0.2) is 71.8 Å². The minimum atomic E-state index is -1.07. The Morgan fingerprint density at radius 2 is 1.73 bits per heavy atom. The molecule has 0 saturated carbocycles. The average molecular weight is 601 g/mol. The van der Waals surface area contributed by atoms with E-state index in [-0.39, 0.29) is 33.6 Å². The molecule has 0 spiro atoms. The summed E-state index contributed by atoms with van der Waals surface area (Å²) in [5.41, 5.74) is 6.03. The number of nitrogens with zero attached hydrogens (tertiary/aromatic N) is 4. The van der Waals surface area contributed by atoms with Gasteiger partial charge in [-0.3, -0.25) is 4.79 Å². The summed E-state index contributed by atoms with van der Waals surface area (Å²) in [6.45, 7) is 8.66. The lowest BCUT2D eigenvalue weighted by Crippen LogP contribution is -2.24. The van der Waals surface area contributed by atoms with E-state index < -0.39 is 29.7 Å². The van der Waals surface area contributed by atoms with Crippen molar-refractivity contribution in [1.82, 2.24) is 19.6 Å². The number of halogens is 1. The monoisotopic (exact) mass is 600 g/mol. The molecule has 5 rings (SSSR count). The fourth-order valence-corrected chi connectivity index (χ4v) is 4.83. The van der Waals surface area contributed by atoms with Gasteiger partial charge < -0.3 is 26.0 Å². The second kappa shape index (κ2) is 11.2. The number of carbonyl (C=O) groups excluding carboxylic acids is 1. The van der Waals surface area contributed by atoms with Crippen LogP contribution in [-0.4, -0.2) is 35.9 Å². The van der Waals surface area contributed by atoms with Crippen molar-refractivity contribution in [3.8, 4) is 17.1 Å². The van der Waals surface area contributed by atoms with E-state index in [1.807, 2.05) is 20.8 Å². The largest absolute Gasteiger partial charge is 0.410 e. The number of nitrogens with one attached hydrogen (secondary N) is 1. The molecule has 11 nitrogen and oxygen atoms in total. The summed E-state index contributed by atoms with van der Waals surface area (Å²) in [5, 5.41) is 32.8. The number of aliphatic hydroxyl groups excluding tert-OH is 1. The van der Waals surface area contributed by atoms with E-state index in [9.17, 15) is 19.8 Å². The maximum absolute atomic E-state index is 15.3. The Hall–Kier alpha value is -5.07. The molecule has 5 aromatic rings. The van der Waals surface area contributed by atoms with Gasteiger partial charge in [-0.25, -0.2) is 13.9 Å². The highest BCUT2D eigenvalue weighted by Crippen LogP contribution is 2.32. The molecular weight excluding hydrogens is 567 g/mol. The maximum atomic E-state index is 15.3. The Morgan fingerprint density at radius 1 is 1.05 bits per heavy atom. The second-order valence-corrected chi connectivity index (χ2v) is 11.9. The third-order valence-corrected chi connectivity index (χ3v) is 7.21. The number of primary amides is 1. The third-order valence-electron chi connectivity index (χ3n) is 7.21. The standard InChI is InChI=1S/C32H33FN6O5/c1-31(2,3)20-13-18-15-35-39(29(41)27(18)23(33)14-20)25-8-6-7-24(22(25)17-40)38-16-26(44-30(34)42)28(37-38)36-21-11-9-19(10-12-21)32(4,5)43/h6-16,40,43H,17H2,1-5H3,(H2,34,42)(H,36,37). The van der Waals surface area contributed by atoms with Gasteiger partial charge in [-0.2, -0.15) is 9.78 Å². The lowest BCUT2D eigenvalue weighted by molar-refractivity contribution is 0.0786. The van der Waals surface area contributed by atoms with Gasteiger partial charge in [-0.15, -0.1) is 5.10 Å². The van der Waals surface area contributed by atoms with Gasteiger partial charge in [0.1, 0.15) is 5.82 Å². The van der Waals surface area contributed by atoms with Gasteiger partial charge in [0.25, 0.3) is 5.56 Å². The minimum absolute atomic E-state index is 0.00363. The first-order valence-electron chi connectivity index (χ1n) is 13.8. The molecule has 12 heteroatoms. The normalized spacial score (nSPS) is 12.0. The topological polar surface area (TPSA) is 158 Å². The van der Waals surface area contributed by atoms with Crippen molar-refractivity contribution in [2.45, 2.75) is 52.2 Å². The highest BCUT2D eigenvalue weighted by atomic mass is 19.1. The third kappa shape index (κ3) is 5.90. The smallest absolute Gasteiger partial charge is 0.405 e. The second-order valence-electron chi connectivity index (χ2n) is 11.9. The zero-order valence-electron chi connectivity index (χ0n) is 24.9. The summed E-state index contributed by atoms with van der Waals surface area (Å²) in [7, 11) is 0. The molecule has 0 saturated heterocycles. The van der Waals surface area contributed by atoms with E-state index in [2.05, 4.69) is 15.5 Å². The number of amides is 1. The number of anilines is 2. The van der Waals surface area contributed by atoms with Crippen molar-refractivity contribution in [3.05, 3.63) is 99.9 Å². The summed E-state index contributed by atoms with van der Waals surface area (Å²) in [6.07, 6.45) is 1.74. The Morgan fingerprint density at radius 3 is 2.34 bits per heavy atom. The number of hydrogen-bond acceptors (Lipinski definition) is 8. The van der Waals surface area contributed by atoms with Gasteiger partial charge in [0.2, 0.25) is 0 Å². The number of aromatic nitrogens is 4. The first-order valence-corrected chi connectivity index (χ1v) is 13.8. The SMILES string of the molecule is CC(C)(C)c1cc(F)c2c(=O)n(-c3cccc(-n4cc(OC(N)=O)c(Nc5ccc(C(C)(C)O)cc5)n4)c3CO)ncc2c1. The summed E-state index contributed by atoms with van der Waals surface area (Å²) in [6, 6.07) is 14.9. The van der Waals surface area contributed by atoms with Gasteiger partial charge in [0.05, 0.1) is 41.4 Å². The molecular formula is C32H33FN6O5. The summed E-state index contributed by atoms with van der Waals surface area (Å²) >= 11 is 0. The quantitative estimate of drug-likeness (QED) is 0.205. The van der Waals surface area contributed by atoms with E-state index >= 15 is 4.39 Å². The van der Waals surface area contributed by atoms with E-state index in [1.54, 1.807) is 62.4 Å². The van der Waals surface area contributed by atoms with Crippen molar-refractivity contribution in [2.75, 3.05) is 5.32 Å². The lowest BCUT2D eigenvalue weighted by Gasteiger charge is -2.20. The number of aliphatic hydroxyl groups is 2. The number of rotatable bonds is 7. The van der Waals surface area contributed by atoms with Crippen molar-refractivity contribution in [3.63, 3.8) is 0 Å². The van der Waals surface area contributed by atoms with Crippen LogP contribution in [0.5, 0.6) is 5.75 Å². The Balaban J connectivity index is 1.59. The van der Waals surface area contributed by atoms with Gasteiger partial charge in [0.15, 0.2) is 11.6 Å². The van der Waals surface area contributed by atoms with E-state index in [0.717, 1.165) is 10.2 Å². The van der Waals surface area contributed by atoms with Crippen molar-refractivity contribution < 1.29 is 24.1 Å². The molecule has 1 amide bonds. The molecule has 3 aromatic carbocycles. The zero-order chi connectivity index (χ0) is 32.0. The fourth-order valence-electron chi connectivity index (χ4n) is 4.83. The molecule has 0 fully saturated rings. The van der Waals surface area contributed by atoms with Crippen LogP contribution in [-0.2, 0) is 17.6 Å². The van der Waals surface area contributed by atoms with Gasteiger partial charge in [0, 0.05) is 16.6 Å². The van der Waals surface area contributed by atoms with Crippen molar-refractivity contribution >= 4 is 28.4 Å². The molecule has 0 bridgehead atoms. The molecule has 44 heavy (non-hydrogen) atoms. The molecule has 2 aromatic heterocycles. The molecule has 0 radical (unpaired) electrons. The maximum Gasteiger partial charge on any atom is 0.410 e. The van der Waals surface area contributed by atoms with Crippen LogP contribution >= 0.6 is 0 Å². The molecule has 2 heterocycles. The van der Waals surface area contributed by atoms with Crippen LogP contribution in [0, 0.1) is 5.82 Å². The lowest BCUT2D eigenvalue weighted by atomic mass is 9.86. The number of hydrogen-bond donors (Lipinski definition) is 4. The minimum Gasteiger partial charge on any atom is -0.405 e. The molecule has 5 N–H and O–H groups in total. The van der Waals surface area contributed by atoms with Gasteiger partial charge in [-0.1, -0.05) is 39.0 Å². The average Bonchev–Trinajstić information content (AvgIpc) is 3.32. The molecule has 0 aliphatic heterocycles. The number of carbonyl (C=O) groups is 1. The van der Waals surface area contributed by atoms with Crippen LogP contribution in [0.2, 0.25) is 0 Å². The highest BCUT2D eigenvalue weighted by molar-refractivity contribution is 5.82. The van der Waals surface area contributed by atoms with Crippen LogP contribution in [0.1, 0.15) is 51.3 Å². The van der Waals surface area contributed by atoms with E-state index in [1.165, 1.54) is 23.1 Å². The molecule has 0 aliphatic carbocycles. The van der Waals surface area contributed by atoms with Crippen LogP contribution in [0.25, 0.3) is 22.1 Å². The van der Waals surface area contributed by atoms with Crippen molar-refractivity contribution in [2.24, 2.45) is 5.73 Å². The molecule has 228 valence electrons.